The molecule has 2 aliphatic heterocycles. The molecule has 2 atom stereocenters. The van der Waals surface area contributed by atoms with Crippen LogP contribution in [-0.4, -0.2) is 36.0 Å². The van der Waals surface area contributed by atoms with E-state index in [1.54, 1.807) is 23.9 Å². The Bertz CT molecular complexity index is 745. The molecular formula is C18H18N4O2. The molecule has 0 bridgehead atoms. The van der Waals surface area contributed by atoms with Crippen LogP contribution in [0.5, 0.6) is 0 Å². The molecule has 2 aromatic carbocycles. The van der Waals surface area contributed by atoms with Gasteiger partial charge in [-0.25, -0.2) is 9.59 Å². The van der Waals surface area contributed by atoms with E-state index < -0.39 is 11.3 Å². The van der Waals surface area contributed by atoms with Gasteiger partial charge in [-0.1, -0.05) is 60.7 Å². The quantitative estimate of drug-likeness (QED) is 0.888. The summed E-state index contributed by atoms with van der Waals surface area (Å²) in [5.41, 5.74) is -0.378. The molecule has 2 N–H and O–H groups in total. The van der Waals surface area contributed by atoms with Crippen molar-refractivity contribution in [1.82, 2.24) is 20.4 Å². The van der Waals surface area contributed by atoms with Gasteiger partial charge in [0.2, 0.25) is 0 Å². The van der Waals surface area contributed by atoms with E-state index in [1.165, 1.54) is 0 Å². The summed E-state index contributed by atoms with van der Waals surface area (Å²) in [4.78, 5) is 28.4. The summed E-state index contributed by atoms with van der Waals surface area (Å²) >= 11 is 0. The van der Waals surface area contributed by atoms with Crippen LogP contribution in [0.1, 0.15) is 11.1 Å². The van der Waals surface area contributed by atoms with E-state index in [4.69, 9.17) is 0 Å². The minimum Gasteiger partial charge on any atom is -0.307 e. The first kappa shape index (κ1) is 14.6. The lowest BCUT2D eigenvalue weighted by molar-refractivity contribution is 0.0616. The minimum atomic E-state index is -1.03. The van der Waals surface area contributed by atoms with Crippen LogP contribution in [0.4, 0.5) is 9.59 Å². The number of carbonyl (C=O) groups excluding carboxylic acids is 2. The lowest BCUT2D eigenvalue weighted by atomic mass is 9.82. The fourth-order valence-corrected chi connectivity index (χ4v) is 4.01. The summed E-state index contributed by atoms with van der Waals surface area (Å²) in [6.45, 7) is 0. The molecule has 24 heavy (non-hydrogen) atoms. The third-order valence-electron chi connectivity index (χ3n) is 5.08. The lowest BCUT2D eigenvalue weighted by Gasteiger charge is -2.43. The van der Waals surface area contributed by atoms with E-state index in [9.17, 15) is 9.59 Å². The van der Waals surface area contributed by atoms with E-state index in [2.05, 4.69) is 10.6 Å². The van der Waals surface area contributed by atoms with Gasteiger partial charge in [0.25, 0.3) is 0 Å². The van der Waals surface area contributed by atoms with E-state index in [0.29, 0.717) is 0 Å². The second kappa shape index (κ2) is 4.74. The Morgan fingerprint density at radius 1 is 0.708 bits per heavy atom. The van der Waals surface area contributed by atoms with Crippen molar-refractivity contribution in [1.29, 1.82) is 0 Å². The number of likely N-dealkylation sites (N-methyl/N-ethyl adjacent to an activating group) is 2. The first-order chi connectivity index (χ1) is 11.5. The third kappa shape index (κ3) is 1.50. The number of urea groups is 2. The first-order valence-electron chi connectivity index (χ1n) is 7.77. The van der Waals surface area contributed by atoms with Gasteiger partial charge in [-0.05, 0) is 0 Å². The molecule has 122 valence electrons. The molecule has 6 nitrogen and oxygen atoms in total. The van der Waals surface area contributed by atoms with E-state index in [0.717, 1.165) is 11.1 Å². The van der Waals surface area contributed by atoms with Crippen molar-refractivity contribution in [2.75, 3.05) is 14.1 Å². The molecule has 4 rings (SSSR count). The zero-order chi connectivity index (χ0) is 16.9. The van der Waals surface area contributed by atoms with Gasteiger partial charge in [0.15, 0.2) is 11.3 Å². The molecular weight excluding hydrogens is 304 g/mol. The zero-order valence-electron chi connectivity index (χ0n) is 13.5. The molecule has 2 saturated heterocycles. The first-order valence-corrected chi connectivity index (χ1v) is 7.77. The molecule has 2 aromatic rings. The van der Waals surface area contributed by atoms with Gasteiger partial charge in [0, 0.05) is 25.2 Å². The molecule has 2 fully saturated rings. The highest BCUT2D eigenvalue weighted by Crippen LogP contribution is 2.52. The van der Waals surface area contributed by atoms with Crippen molar-refractivity contribution in [2.24, 2.45) is 0 Å². The molecule has 2 aliphatic rings. The highest BCUT2D eigenvalue weighted by Gasteiger charge is 2.72. The molecule has 4 amide bonds. The monoisotopic (exact) mass is 322 g/mol. The number of hydrogen-bond donors (Lipinski definition) is 2. The van der Waals surface area contributed by atoms with Crippen molar-refractivity contribution in [2.45, 2.75) is 11.3 Å². The van der Waals surface area contributed by atoms with E-state index in [-0.39, 0.29) is 12.1 Å². The SMILES string of the molecule is CN1C(=O)N(C)[C@]2(c3ccccc3)NC(=O)N[C@@]12c1ccccc1. The number of fused-ring (bicyclic) bond motifs is 1. The Kier molecular flexibility index (Phi) is 2.87. The van der Waals surface area contributed by atoms with Crippen molar-refractivity contribution in [3.05, 3.63) is 71.8 Å². The molecule has 0 unspecified atom stereocenters. The number of amides is 4. The van der Waals surface area contributed by atoms with Gasteiger partial charge in [-0.2, -0.15) is 0 Å². The molecule has 2 heterocycles. The number of rotatable bonds is 2. The van der Waals surface area contributed by atoms with Crippen LogP contribution in [0.25, 0.3) is 0 Å². The summed E-state index contributed by atoms with van der Waals surface area (Å²) in [6, 6.07) is 18.7. The van der Waals surface area contributed by atoms with Gasteiger partial charge >= 0.3 is 12.1 Å². The molecule has 0 aromatic heterocycles. The fourth-order valence-electron chi connectivity index (χ4n) is 4.01. The second-order valence-corrected chi connectivity index (χ2v) is 6.13. The van der Waals surface area contributed by atoms with Crippen molar-refractivity contribution < 1.29 is 9.59 Å². The van der Waals surface area contributed by atoms with Crippen LogP contribution >= 0.6 is 0 Å². The Morgan fingerprint density at radius 3 is 1.46 bits per heavy atom. The summed E-state index contributed by atoms with van der Waals surface area (Å²) in [5.74, 6) is 0. The number of hydrogen-bond acceptors (Lipinski definition) is 2. The van der Waals surface area contributed by atoms with Gasteiger partial charge < -0.3 is 10.6 Å². The lowest BCUT2D eigenvalue weighted by Crippen LogP contribution is -2.61. The maximum absolute atomic E-state index is 12.8. The largest absolute Gasteiger partial charge is 0.324 e. The smallest absolute Gasteiger partial charge is 0.307 e. The van der Waals surface area contributed by atoms with Crippen LogP contribution < -0.4 is 10.6 Å². The molecule has 6 heteroatoms. The van der Waals surface area contributed by atoms with Gasteiger partial charge in [0.1, 0.15) is 0 Å². The van der Waals surface area contributed by atoms with E-state index in [1.807, 2.05) is 60.7 Å². The second-order valence-electron chi connectivity index (χ2n) is 6.13. The average Bonchev–Trinajstić information content (AvgIpc) is 3.02. The van der Waals surface area contributed by atoms with Crippen molar-refractivity contribution >= 4 is 12.1 Å². The molecule has 0 saturated carbocycles. The van der Waals surface area contributed by atoms with Crippen molar-refractivity contribution in [3.8, 4) is 0 Å². The topological polar surface area (TPSA) is 64.7 Å². The maximum Gasteiger partial charge on any atom is 0.324 e. The fraction of sp³-hybridized carbons (Fsp3) is 0.222. The summed E-state index contributed by atoms with van der Waals surface area (Å²) in [5, 5.41) is 6.02. The maximum atomic E-state index is 12.8. The van der Waals surface area contributed by atoms with Crippen LogP contribution in [-0.2, 0) is 11.3 Å². The number of carbonyl (C=O) groups is 2. The normalized spacial score (nSPS) is 28.6. The van der Waals surface area contributed by atoms with Crippen LogP contribution in [0.3, 0.4) is 0 Å². The number of benzene rings is 2. The van der Waals surface area contributed by atoms with Crippen LogP contribution in [0.15, 0.2) is 60.7 Å². The number of nitrogens with zero attached hydrogens (tertiary/aromatic N) is 2. The Hall–Kier alpha value is -3.02. The Labute approximate surface area is 140 Å². The zero-order valence-corrected chi connectivity index (χ0v) is 13.5. The molecule has 0 aliphatic carbocycles. The third-order valence-corrected chi connectivity index (χ3v) is 5.08. The summed E-state index contributed by atoms with van der Waals surface area (Å²) < 4.78 is 0. The Balaban J connectivity index is 2.07. The van der Waals surface area contributed by atoms with Crippen LogP contribution in [0, 0.1) is 0 Å². The Morgan fingerprint density at radius 2 is 1.08 bits per heavy atom. The summed E-state index contributed by atoms with van der Waals surface area (Å²) in [7, 11) is 3.42. The predicted molar refractivity (Wildman–Crippen MR) is 88.8 cm³/mol. The van der Waals surface area contributed by atoms with Crippen molar-refractivity contribution in [3.63, 3.8) is 0 Å². The van der Waals surface area contributed by atoms with Crippen LogP contribution in [0.2, 0.25) is 0 Å². The van der Waals surface area contributed by atoms with Gasteiger partial charge in [-0.15, -0.1) is 0 Å². The minimum absolute atomic E-state index is 0.171. The summed E-state index contributed by atoms with van der Waals surface area (Å²) in [6.07, 6.45) is 0. The molecule has 0 spiro atoms. The standard InChI is InChI=1S/C18H18N4O2/c1-21-16(24)22(2)18(14-11-7-4-8-12-14)17(21,19-15(23)20-18)13-9-5-3-6-10-13/h3-12H,1-2H3,(H2,19,20,23)/t17-,18-/m0/s1. The van der Waals surface area contributed by atoms with Gasteiger partial charge in [-0.3, -0.25) is 9.80 Å². The highest BCUT2D eigenvalue weighted by atomic mass is 16.2. The average molecular weight is 322 g/mol. The van der Waals surface area contributed by atoms with E-state index >= 15 is 0 Å². The molecule has 0 radical (unpaired) electrons. The number of nitrogens with one attached hydrogen (secondary N) is 2. The predicted octanol–water partition coefficient (Wildman–Crippen LogP) is 2.00. The highest BCUT2D eigenvalue weighted by molar-refractivity contribution is 5.89. The van der Waals surface area contributed by atoms with Gasteiger partial charge in [0.05, 0.1) is 0 Å².